The molecule has 12 heteroatoms. The Morgan fingerprint density at radius 1 is 0.733 bits per heavy atom. The van der Waals surface area contributed by atoms with Gasteiger partial charge >= 0.3 is 12.2 Å². The Morgan fingerprint density at radius 3 is 1.96 bits per heavy atom. The summed E-state index contributed by atoms with van der Waals surface area (Å²) in [6, 6.07) is 30.4. The highest BCUT2D eigenvalue weighted by atomic mass is 35.5. The van der Waals surface area contributed by atoms with Crippen molar-refractivity contribution in [3.63, 3.8) is 0 Å². The topological polar surface area (TPSA) is 105 Å². The average molecular weight is 630 g/mol. The van der Waals surface area contributed by atoms with E-state index in [0.717, 1.165) is 23.3 Å². The van der Waals surface area contributed by atoms with E-state index in [2.05, 4.69) is 26.1 Å². The first kappa shape index (κ1) is 30.8. The van der Waals surface area contributed by atoms with Crippen LogP contribution in [-0.4, -0.2) is 22.6 Å². The van der Waals surface area contributed by atoms with E-state index in [-0.39, 0.29) is 11.4 Å². The zero-order valence-electron chi connectivity index (χ0n) is 23.2. The lowest BCUT2D eigenvalue weighted by atomic mass is 10.0. The molecule has 4 aromatic carbocycles. The van der Waals surface area contributed by atoms with Crippen LogP contribution in [0.25, 0.3) is 0 Å². The van der Waals surface area contributed by atoms with Crippen molar-refractivity contribution in [2.45, 2.75) is 6.18 Å². The van der Waals surface area contributed by atoms with Crippen LogP contribution in [0.3, 0.4) is 0 Å². The third kappa shape index (κ3) is 8.24. The minimum Gasteiger partial charge on any atom is -0.457 e. The molecule has 45 heavy (non-hydrogen) atoms. The van der Waals surface area contributed by atoms with Gasteiger partial charge in [0.15, 0.2) is 0 Å². The molecular formula is C33H23ClF3N5O3. The van der Waals surface area contributed by atoms with Gasteiger partial charge in [-0.05, 0) is 48.5 Å². The maximum atomic E-state index is 13.1. The van der Waals surface area contributed by atoms with Crippen LogP contribution in [0.15, 0.2) is 127 Å². The van der Waals surface area contributed by atoms with Crippen molar-refractivity contribution in [3.05, 3.63) is 149 Å². The number of carbonyl (C=O) groups is 2. The number of hydrogen-bond acceptors (Lipinski definition) is 5. The number of alkyl halides is 3. The molecule has 0 bridgehead atoms. The third-order valence-corrected chi connectivity index (χ3v) is 6.53. The van der Waals surface area contributed by atoms with E-state index in [9.17, 15) is 22.8 Å². The molecule has 3 N–H and O–H groups in total. The number of urea groups is 1. The molecule has 8 nitrogen and oxygen atoms in total. The number of hydrazone groups is 1. The fourth-order valence-electron chi connectivity index (χ4n) is 4.11. The van der Waals surface area contributed by atoms with Gasteiger partial charge in [0.2, 0.25) is 0 Å². The van der Waals surface area contributed by atoms with Gasteiger partial charge in [-0.25, -0.2) is 10.2 Å². The summed E-state index contributed by atoms with van der Waals surface area (Å²) in [5.41, 5.74) is 4.08. The molecule has 5 rings (SSSR count). The predicted molar refractivity (Wildman–Crippen MR) is 166 cm³/mol. The van der Waals surface area contributed by atoms with Crippen molar-refractivity contribution in [2.24, 2.45) is 5.10 Å². The molecule has 0 aliphatic heterocycles. The van der Waals surface area contributed by atoms with Crippen LogP contribution >= 0.6 is 11.6 Å². The summed E-state index contributed by atoms with van der Waals surface area (Å²) >= 11 is 5.62. The highest BCUT2D eigenvalue weighted by Crippen LogP contribution is 2.36. The Hall–Kier alpha value is -5.68. The fraction of sp³-hybridized carbons (Fsp3) is 0.0303. The van der Waals surface area contributed by atoms with Crippen LogP contribution in [-0.2, 0) is 6.18 Å². The van der Waals surface area contributed by atoms with Crippen LogP contribution in [0.2, 0.25) is 5.02 Å². The second-order valence-electron chi connectivity index (χ2n) is 9.41. The molecular weight excluding hydrogens is 607 g/mol. The molecule has 0 spiro atoms. The molecule has 0 radical (unpaired) electrons. The second kappa shape index (κ2) is 13.7. The lowest BCUT2D eigenvalue weighted by molar-refractivity contribution is -0.137. The number of pyridine rings is 1. The van der Waals surface area contributed by atoms with Crippen LogP contribution in [0.1, 0.15) is 27.2 Å². The molecule has 0 aliphatic carbocycles. The maximum absolute atomic E-state index is 13.1. The number of benzene rings is 4. The molecule has 226 valence electrons. The first-order valence-electron chi connectivity index (χ1n) is 13.3. The van der Waals surface area contributed by atoms with Gasteiger partial charge < -0.3 is 15.4 Å². The molecule has 0 saturated carbocycles. The molecule has 0 unspecified atom stereocenters. The second-order valence-corrected chi connectivity index (χ2v) is 9.82. The van der Waals surface area contributed by atoms with Gasteiger partial charge in [-0.3, -0.25) is 9.78 Å². The summed E-state index contributed by atoms with van der Waals surface area (Å²) < 4.78 is 45.1. The van der Waals surface area contributed by atoms with Crippen LogP contribution in [0.4, 0.5) is 29.3 Å². The standard InChI is InChI=1S/C33H23ClF3N5O3/c34-28-16-13-24(19-27(28)33(35,36)37)40-32(44)39-23-11-14-25(15-12-23)45-26-17-18-38-29(20-26)31(43)42-41-30(21-7-3-1-4-8-21)22-9-5-2-6-10-22/h1-20H,(H,42,43)(H2,39,40,44). The first-order valence-corrected chi connectivity index (χ1v) is 13.7. The lowest BCUT2D eigenvalue weighted by Crippen LogP contribution is -2.21. The monoisotopic (exact) mass is 629 g/mol. The number of carbonyl (C=O) groups excluding carboxylic acids is 2. The number of nitrogens with one attached hydrogen (secondary N) is 3. The molecule has 1 heterocycles. The Balaban J connectivity index is 1.21. The van der Waals surface area contributed by atoms with E-state index in [1.54, 1.807) is 18.2 Å². The number of nitrogens with zero attached hydrogens (tertiary/aromatic N) is 2. The lowest BCUT2D eigenvalue weighted by Gasteiger charge is -2.12. The fourth-order valence-corrected chi connectivity index (χ4v) is 4.33. The van der Waals surface area contributed by atoms with E-state index >= 15 is 0 Å². The van der Waals surface area contributed by atoms with Crippen LogP contribution < -0.4 is 20.8 Å². The highest BCUT2D eigenvalue weighted by molar-refractivity contribution is 6.31. The summed E-state index contributed by atoms with van der Waals surface area (Å²) in [5.74, 6) is 0.171. The van der Waals surface area contributed by atoms with Gasteiger partial charge in [-0.15, -0.1) is 0 Å². The number of halogens is 4. The minimum atomic E-state index is -4.66. The summed E-state index contributed by atoms with van der Waals surface area (Å²) in [5, 5.41) is 8.77. The van der Waals surface area contributed by atoms with Crippen molar-refractivity contribution >= 4 is 40.6 Å². The number of amides is 3. The van der Waals surface area contributed by atoms with Crippen LogP contribution in [0, 0.1) is 0 Å². The summed E-state index contributed by atoms with van der Waals surface area (Å²) in [6.45, 7) is 0. The average Bonchev–Trinajstić information content (AvgIpc) is 3.03. The number of rotatable bonds is 8. The number of hydrogen-bond donors (Lipinski definition) is 3. The van der Waals surface area contributed by atoms with Crippen molar-refractivity contribution < 1.29 is 27.5 Å². The summed E-state index contributed by atoms with van der Waals surface area (Å²) in [7, 11) is 0. The summed E-state index contributed by atoms with van der Waals surface area (Å²) in [4.78, 5) is 29.4. The van der Waals surface area contributed by atoms with Gasteiger partial charge in [0.25, 0.3) is 5.91 Å². The summed E-state index contributed by atoms with van der Waals surface area (Å²) in [6.07, 6.45) is -3.24. The number of aromatic nitrogens is 1. The molecule has 0 fully saturated rings. The molecule has 0 atom stereocenters. The van der Waals surface area contributed by atoms with Gasteiger partial charge in [-0.2, -0.15) is 18.3 Å². The largest absolute Gasteiger partial charge is 0.457 e. The van der Waals surface area contributed by atoms with Crippen LogP contribution in [0.5, 0.6) is 11.5 Å². The van der Waals surface area contributed by atoms with E-state index in [1.807, 2.05) is 60.7 Å². The number of ether oxygens (including phenoxy) is 1. The Kier molecular flexibility index (Phi) is 9.40. The Bertz CT molecular complexity index is 1790. The van der Waals surface area contributed by atoms with E-state index in [1.165, 1.54) is 30.5 Å². The Morgan fingerprint density at radius 2 is 1.33 bits per heavy atom. The predicted octanol–water partition coefficient (Wildman–Crippen LogP) is 8.37. The first-order chi connectivity index (χ1) is 21.7. The zero-order valence-corrected chi connectivity index (χ0v) is 23.9. The SMILES string of the molecule is O=C(Nc1ccc(Oc2ccnc(C(=O)NN=C(c3ccccc3)c3ccccc3)c2)cc1)Nc1ccc(Cl)c(C(F)(F)F)c1. The van der Waals surface area contributed by atoms with Crippen molar-refractivity contribution in [1.29, 1.82) is 0 Å². The quantitative estimate of drug-likeness (QED) is 0.118. The molecule has 1 aromatic heterocycles. The van der Waals surface area contributed by atoms with Crippen molar-refractivity contribution in [1.82, 2.24) is 10.4 Å². The van der Waals surface area contributed by atoms with Gasteiger partial charge in [-0.1, -0.05) is 72.3 Å². The van der Waals surface area contributed by atoms with Crippen molar-refractivity contribution in [2.75, 3.05) is 10.6 Å². The highest BCUT2D eigenvalue weighted by Gasteiger charge is 2.33. The minimum absolute atomic E-state index is 0.0718. The van der Waals surface area contributed by atoms with Gasteiger partial charge in [0, 0.05) is 34.8 Å². The van der Waals surface area contributed by atoms with E-state index in [0.29, 0.717) is 22.9 Å². The molecule has 5 aromatic rings. The molecule has 0 aliphatic rings. The maximum Gasteiger partial charge on any atom is 0.417 e. The molecule has 3 amide bonds. The van der Waals surface area contributed by atoms with Gasteiger partial charge in [0.05, 0.1) is 16.3 Å². The van der Waals surface area contributed by atoms with Gasteiger partial charge in [0.1, 0.15) is 17.2 Å². The van der Waals surface area contributed by atoms with E-state index < -0.39 is 28.7 Å². The molecule has 0 saturated heterocycles. The number of anilines is 2. The van der Waals surface area contributed by atoms with Crippen molar-refractivity contribution in [3.8, 4) is 11.5 Å². The Labute approximate surface area is 260 Å². The third-order valence-electron chi connectivity index (χ3n) is 6.21. The normalized spacial score (nSPS) is 10.8. The smallest absolute Gasteiger partial charge is 0.417 e. The van der Waals surface area contributed by atoms with E-state index in [4.69, 9.17) is 16.3 Å². The zero-order chi connectivity index (χ0) is 31.8.